The maximum absolute atomic E-state index is 12.9. The van der Waals surface area contributed by atoms with Crippen LogP contribution in [0.15, 0.2) is 45.7 Å². The summed E-state index contributed by atoms with van der Waals surface area (Å²) in [6, 6.07) is 7.44. The van der Waals surface area contributed by atoms with E-state index < -0.39 is 0 Å². The van der Waals surface area contributed by atoms with E-state index in [0.29, 0.717) is 23.3 Å². The first-order chi connectivity index (χ1) is 12.6. The van der Waals surface area contributed by atoms with Crippen molar-refractivity contribution in [3.63, 3.8) is 0 Å². The number of aryl methyl sites for hydroxylation is 1. The van der Waals surface area contributed by atoms with Crippen molar-refractivity contribution in [2.75, 3.05) is 0 Å². The maximum atomic E-state index is 12.9. The summed E-state index contributed by atoms with van der Waals surface area (Å²) in [6.07, 6.45) is 1.74. The summed E-state index contributed by atoms with van der Waals surface area (Å²) in [5.41, 5.74) is 1.59. The highest BCUT2D eigenvalue weighted by Crippen LogP contribution is 2.21. The van der Waals surface area contributed by atoms with Gasteiger partial charge in [-0.15, -0.1) is 11.3 Å². The second-order valence-corrected chi connectivity index (χ2v) is 7.46. The average Bonchev–Trinajstić information content (AvgIpc) is 3.07. The summed E-state index contributed by atoms with van der Waals surface area (Å²) in [5, 5.41) is 3.41. The summed E-state index contributed by atoms with van der Waals surface area (Å²) >= 11 is 2.96. The Morgan fingerprint density at radius 3 is 2.81 bits per heavy atom. The van der Waals surface area contributed by atoms with Crippen molar-refractivity contribution in [3.05, 3.63) is 68.3 Å². The monoisotopic (exact) mass is 391 g/mol. The van der Waals surface area contributed by atoms with Gasteiger partial charge in [-0.05, 0) is 30.7 Å². The first-order valence-corrected chi connectivity index (χ1v) is 10.0. The third-order valence-electron chi connectivity index (χ3n) is 3.41. The van der Waals surface area contributed by atoms with Gasteiger partial charge in [0.15, 0.2) is 5.16 Å². The van der Waals surface area contributed by atoms with E-state index in [0.717, 1.165) is 29.2 Å². The topological polar surface area (TPSA) is 67.9 Å². The lowest BCUT2D eigenvalue weighted by Gasteiger charge is -2.03. The van der Waals surface area contributed by atoms with Gasteiger partial charge >= 0.3 is 0 Å². The number of hydrogen-bond acceptors (Lipinski definition) is 6. The zero-order chi connectivity index (χ0) is 18.4. The lowest BCUT2D eigenvalue weighted by atomic mass is 10.2. The van der Waals surface area contributed by atoms with E-state index in [1.54, 1.807) is 18.2 Å². The van der Waals surface area contributed by atoms with Gasteiger partial charge in [-0.2, -0.15) is 0 Å². The van der Waals surface area contributed by atoms with Crippen LogP contribution in [0.4, 0.5) is 4.39 Å². The Hall–Kier alpha value is -2.19. The molecule has 1 aromatic carbocycles. The quantitative estimate of drug-likeness (QED) is 0.461. The fourth-order valence-corrected chi connectivity index (χ4v) is 3.83. The molecule has 2 heterocycles. The Bertz CT molecular complexity index is 909. The number of rotatable bonds is 8. The maximum Gasteiger partial charge on any atom is 0.251 e. The third kappa shape index (κ3) is 5.40. The molecule has 0 bridgehead atoms. The van der Waals surface area contributed by atoms with E-state index in [-0.39, 0.29) is 11.4 Å². The van der Waals surface area contributed by atoms with E-state index in [1.165, 1.54) is 35.2 Å². The number of hydrogen-bond donors (Lipinski definition) is 1. The largest absolute Gasteiger partial charge is 0.486 e. The van der Waals surface area contributed by atoms with Gasteiger partial charge in [-0.1, -0.05) is 25.1 Å². The zero-order valence-corrected chi connectivity index (χ0v) is 15.8. The summed E-state index contributed by atoms with van der Waals surface area (Å²) in [5.74, 6) is 0.929. The molecule has 0 radical (unpaired) electrons. The highest BCUT2D eigenvalue weighted by molar-refractivity contribution is 7.98. The molecule has 0 spiro atoms. The van der Waals surface area contributed by atoms with Crippen LogP contribution in [0, 0.1) is 5.82 Å². The fraction of sp³-hybridized carbons (Fsp3) is 0.278. The molecule has 3 aromatic rings. The molecule has 8 heteroatoms. The van der Waals surface area contributed by atoms with Crippen molar-refractivity contribution in [2.24, 2.45) is 0 Å². The first kappa shape index (κ1) is 18.6. The van der Waals surface area contributed by atoms with Gasteiger partial charge in [0.2, 0.25) is 0 Å². The van der Waals surface area contributed by atoms with Gasteiger partial charge in [-0.3, -0.25) is 4.79 Å². The van der Waals surface area contributed by atoms with Crippen LogP contribution in [0.5, 0.6) is 5.75 Å². The Morgan fingerprint density at radius 1 is 1.23 bits per heavy atom. The first-order valence-electron chi connectivity index (χ1n) is 8.17. The number of thioether (sulfide) groups is 1. The molecular weight excluding hydrogens is 373 g/mol. The summed E-state index contributed by atoms with van der Waals surface area (Å²) in [6.45, 7) is 2.39. The van der Waals surface area contributed by atoms with Crippen LogP contribution in [-0.4, -0.2) is 15.0 Å². The molecular formula is C18H18FN3O2S2. The second kappa shape index (κ2) is 8.95. The summed E-state index contributed by atoms with van der Waals surface area (Å²) < 4.78 is 18.5. The van der Waals surface area contributed by atoms with Crippen LogP contribution < -0.4 is 10.3 Å². The van der Waals surface area contributed by atoms with E-state index in [9.17, 15) is 9.18 Å². The molecule has 0 saturated carbocycles. The third-order valence-corrected chi connectivity index (χ3v) is 5.19. The minimum atomic E-state index is -0.291. The van der Waals surface area contributed by atoms with Crippen molar-refractivity contribution < 1.29 is 9.13 Å². The number of nitrogens with one attached hydrogen (secondary N) is 1. The normalized spacial score (nSPS) is 10.8. The Kier molecular flexibility index (Phi) is 6.40. The number of ether oxygens (including phenoxy) is 1. The van der Waals surface area contributed by atoms with Gasteiger partial charge in [0.05, 0.1) is 5.69 Å². The highest BCUT2D eigenvalue weighted by atomic mass is 32.2. The van der Waals surface area contributed by atoms with Crippen molar-refractivity contribution in [2.45, 2.75) is 37.3 Å². The summed E-state index contributed by atoms with van der Waals surface area (Å²) in [7, 11) is 0. The number of nitrogens with zero attached hydrogens (tertiary/aromatic N) is 2. The Labute approximate surface area is 158 Å². The molecule has 26 heavy (non-hydrogen) atoms. The molecule has 1 N–H and O–H groups in total. The van der Waals surface area contributed by atoms with E-state index in [4.69, 9.17) is 4.74 Å². The van der Waals surface area contributed by atoms with Crippen LogP contribution in [0.3, 0.4) is 0 Å². The molecule has 0 aliphatic carbocycles. The number of H-pyrrole nitrogens is 1. The smallest absolute Gasteiger partial charge is 0.251 e. The lowest BCUT2D eigenvalue weighted by Crippen LogP contribution is -2.10. The van der Waals surface area contributed by atoms with Gasteiger partial charge in [0.25, 0.3) is 5.56 Å². The molecule has 0 fully saturated rings. The van der Waals surface area contributed by atoms with Gasteiger partial charge in [-0.25, -0.2) is 14.4 Å². The molecule has 136 valence electrons. The lowest BCUT2D eigenvalue weighted by molar-refractivity contribution is 0.305. The van der Waals surface area contributed by atoms with E-state index >= 15 is 0 Å². The molecule has 0 atom stereocenters. The van der Waals surface area contributed by atoms with Crippen LogP contribution in [0.25, 0.3) is 0 Å². The minimum absolute atomic E-state index is 0.127. The van der Waals surface area contributed by atoms with Crippen LogP contribution >= 0.6 is 23.1 Å². The molecule has 2 aromatic heterocycles. The van der Waals surface area contributed by atoms with Gasteiger partial charge in [0.1, 0.15) is 23.2 Å². The standard InChI is InChI=1S/C18H18FN3O2S2/c1-2-3-13-8-16(23)22-18(21-13)26-11-14-10-25-17(20-14)9-24-15-6-4-12(19)5-7-15/h4-8,10H,2-3,9,11H2,1H3,(H,21,22,23). The van der Waals surface area contributed by atoms with Crippen molar-refractivity contribution in [1.29, 1.82) is 0 Å². The summed E-state index contributed by atoms with van der Waals surface area (Å²) in [4.78, 5) is 23.4. The van der Waals surface area contributed by atoms with Gasteiger partial charge in [0, 0.05) is 22.9 Å². The minimum Gasteiger partial charge on any atom is -0.486 e. The van der Waals surface area contributed by atoms with Crippen LogP contribution in [0.2, 0.25) is 0 Å². The molecule has 0 amide bonds. The fourth-order valence-electron chi connectivity index (χ4n) is 2.24. The number of aromatic nitrogens is 3. The predicted molar refractivity (Wildman–Crippen MR) is 101 cm³/mol. The number of benzene rings is 1. The second-order valence-electron chi connectivity index (χ2n) is 5.56. The molecule has 0 unspecified atom stereocenters. The van der Waals surface area contributed by atoms with Crippen molar-refractivity contribution in [3.8, 4) is 5.75 Å². The Balaban J connectivity index is 1.55. The van der Waals surface area contributed by atoms with Crippen LogP contribution in [-0.2, 0) is 18.8 Å². The van der Waals surface area contributed by atoms with Crippen molar-refractivity contribution >= 4 is 23.1 Å². The van der Waals surface area contributed by atoms with Gasteiger partial charge < -0.3 is 9.72 Å². The number of halogens is 1. The molecule has 0 aliphatic heterocycles. The molecule has 0 aliphatic rings. The zero-order valence-electron chi connectivity index (χ0n) is 14.2. The van der Waals surface area contributed by atoms with E-state index in [2.05, 4.69) is 21.9 Å². The highest BCUT2D eigenvalue weighted by Gasteiger charge is 2.07. The van der Waals surface area contributed by atoms with Crippen LogP contribution in [0.1, 0.15) is 29.7 Å². The number of aromatic amines is 1. The number of thiazole rings is 1. The van der Waals surface area contributed by atoms with Crippen molar-refractivity contribution in [1.82, 2.24) is 15.0 Å². The van der Waals surface area contributed by atoms with E-state index in [1.807, 2.05) is 5.38 Å². The molecule has 3 rings (SSSR count). The predicted octanol–water partition coefficient (Wildman–Crippen LogP) is 4.19. The molecule has 0 saturated heterocycles. The average molecular weight is 391 g/mol. The SMILES string of the molecule is CCCc1cc(=O)[nH]c(SCc2csc(COc3ccc(F)cc3)n2)n1. The molecule has 5 nitrogen and oxygen atoms in total. The Morgan fingerprint density at radius 2 is 2.04 bits per heavy atom.